The highest BCUT2D eigenvalue weighted by Gasteiger charge is 2.51. The molecule has 1 aromatic rings. The van der Waals surface area contributed by atoms with E-state index in [1.54, 1.807) is 12.1 Å². The van der Waals surface area contributed by atoms with Gasteiger partial charge in [-0.1, -0.05) is 17.7 Å². The van der Waals surface area contributed by atoms with Crippen LogP contribution in [-0.4, -0.2) is 41.8 Å². The number of nitrogens with zero attached hydrogens (tertiary/aromatic N) is 1. The lowest BCUT2D eigenvalue weighted by Gasteiger charge is -2.28. The summed E-state index contributed by atoms with van der Waals surface area (Å²) in [5, 5.41) is 9.60. The van der Waals surface area contributed by atoms with Crippen molar-refractivity contribution in [3.63, 3.8) is 0 Å². The van der Waals surface area contributed by atoms with Crippen LogP contribution >= 0.6 is 0 Å². The van der Waals surface area contributed by atoms with Crippen molar-refractivity contribution in [3.8, 4) is 0 Å². The number of ketones is 1. The van der Waals surface area contributed by atoms with Crippen molar-refractivity contribution in [1.29, 1.82) is 0 Å². The van der Waals surface area contributed by atoms with E-state index in [1.807, 2.05) is 6.92 Å². The van der Waals surface area contributed by atoms with E-state index in [0.29, 0.717) is 0 Å². The smallest absolute Gasteiger partial charge is 0.244 e. The molecule has 1 aliphatic rings. The average Bonchev–Trinajstić information content (AvgIpc) is 2.54. The van der Waals surface area contributed by atoms with Gasteiger partial charge in [-0.05, 0) is 32.9 Å². The van der Waals surface area contributed by atoms with Crippen LogP contribution in [0.3, 0.4) is 0 Å². The number of Topliss-reactive ketones (excluding diaryl/α,β-unsaturated/α-hetero) is 1. The predicted octanol–water partition coefficient (Wildman–Crippen LogP) is 0.708. The Bertz CT molecular complexity index is 604. The fraction of sp³-hybridized carbons (Fsp3) is 0.462. The van der Waals surface area contributed by atoms with Gasteiger partial charge in [0.2, 0.25) is 10.0 Å². The number of aliphatic hydroxyl groups excluding tert-OH is 1. The summed E-state index contributed by atoms with van der Waals surface area (Å²) < 4.78 is 26.1. The number of sulfonamides is 1. The molecule has 1 fully saturated rings. The molecule has 0 saturated carbocycles. The van der Waals surface area contributed by atoms with Gasteiger partial charge in [0.15, 0.2) is 5.78 Å². The molecule has 104 valence electrons. The van der Waals surface area contributed by atoms with Crippen LogP contribution in [0.25, 0.3) is 0 Å². The first-order valence-corrected chi connectivity index (χ1v) is 7.43. The third kappa shape index (κ3) is 2.20. The number of β-amino-alcohol motifs (C(OH)–C–C–N with tert-alkyl or cyclic N) is 1. The Morgan fingerprint density at radius 2 is 1.79 bits per heavy atom. The molecule has 1 aliphatic heterocycles. The molecule has 0 aromatic heterocycles. The number of hydrogen-bond acceptors (Lipinski definition) is 4. The van der Waals surface area contributed by atoms with E-state index < -0.39 is 27.4 Å². The zero-order chi connectivity index (χ0) is 14.4. The number of rotatable bonds is 2. The largest absolute Gasteiger partial charge is 0.384 e. The summed E-state index contributed by atoms with van der Waals surface area (Å²) in [6.45, 7) is 4.69. The van der Waals surface area contributed by atoms with E-state index in [-0.39, 0.29) is 11.4 Å². The van der Waals surface area contributed by atoms with E-state index >= 15 is 0 Å². The zero-order valence-corrected chi connectivity index (χ0v) is 11.9. The van der Waals surface area contributed by atoms with Crippen molar-refractivity contribution >= 4 is 15.8 Å². The van der Waals surface area contributed by atoms with Gasteiger partial charge in [-0.15, -0.1) is 0 Å². The minimum Gasteiger partial charge on any atom is -0.384 e. The van der Waals surface area contributed by atoms with Gasteiger partial charge in [-0.3, -0.25) is 4.79 Å². The van der Waals surface area contributed by atoms with Crippen LogP contribution in [0.15, 0.2) is 29.2 Å². The molecule has 1 heterocycles. The fourth-order valence-electron chi connectivity index (χ4n) is 2.23. The molecule has 2 rings (SSSR count). The van der Waals surface area contributed by atoms with Crippen molar-refractivity contribution in [1.82, 2.24) is 4.31 Å². The second-order valence-electron chi connectivity index (χ2n) is 5.29. The Kier molecular flexibility index (Phi) is 3.28. The van der Waals surface area contributed by atoms with Gasteiger partial charge in [0.1, 0.15) is 6.10 Å². The quantitative estimate of drug-likeness (QED) is 0.867. The lowest BCUT2D eigenvalue weighted by molar-refractivity contribution is -0.128. The first kappa shape index (κ1) is 14.2. The van der Waals surface area contributed by atoms with Gasteiger partial charge in [0.05, 0.1) is 10.4 Å². The molecule has 1 unspecified atom stereocenters. The molecule has 0 aliphatic carbocycles. The van der Waals surface area contributed by atoms with Gasteiger partial charge >= 0.3 is 0 Å². The number of carbonyl (C=O) groups excluding carboxylic acids is 1. The Hall–Kier alpha value is -1.24. The molecule has 1 saturated heterocycles. The highest BCUT2D eigenvalue weighted by Crippen LogP contribution is 2.31. The molecule has 6 heteroatoms. The van der Waals surface area contributed by atoms with E-state index in [1.165, 1.54) is 26.0 Å². The van der Waals surface area contributed by atoms with Crippen molar-refractivity contribution in [2.24, 2.45) is 0 Å². The number of aliphatic hydroxyl groups is 1. The minimum absolute atomic E-state index is 0.132. The second-order valence-corrected chi connectivity index (χ2v) is 7.15. The van der Waals surface area contributed by atoms with Crippen LogP contribution in [0.1, 0.15) is 19.4 Å². The van der Waals surface area contributed by atoms with Gasteiger partial charge in [0.25, 0.3) is 0 Å². The number of benzene rings is 1. The summed E-state index contributed by atoms with van der Waals surface area (Å²) in [4.78, 5) is 11.9. The fourth-order valence-corrected chi connectivity index (χ4v) is 4.00. The topological polar surface area (TPSA) is 74.7 Å². The first-order valence-electron chi connectivity index (χ1n) is 5.99. The van der Waals surface area contributed by atoms with Crippen LogP contribution in [0.4, 0.5) is 0 Å². The van der Waals surface area contributed by atoms with Crippen LogP contribution < -0.4 is 0 Å². The maximum atomic E-state index is 12.5. The van der Waals surface area contributed by atoms with Crippen molar-refractivity contribution in [2.75, 3.05) is 6.54 Å². The van der Waals surface area contributed by atoms with Gasteiger partial charge in [0, 0.05) is 6.54 Å². The summed E-state index contributed by atoms with van der Waals surface area (Å²) in [6, 6.07) is 6.42. The maximum absolute atomic E-state index is 12.5. The second kappa shape index (κ2) is 4.40. The number of hydrogen-bond donors (Lipinski definition) is 1. The van der Waals surface area contributed by atoms with Crippen LogP contribution in [0.5, 0.6) is 0 Å². The van der Waals surface area contributed by atoms with Crippen LogP contribution in [0, 0.1) is 6.92 Å². The average molecular weight is 283 g/mol. The van der Waals surface area contributed by atoms with Gasteiger partial charge in [-0.2, -0.15) is 4.31 Å². The first-order chi connectivity index (χ1) is 8.67. The number of aryl methyl sites for hydroxylation is 1. The third-order valence-corrected chi connectivity index (χ3v) is 5.53. The Labute approximate surface area is 112 Å². The molecule has 1 atom stereocenters. The van der Waals surface area contributed by atoms with E-state index in [2.05, 4.69) is 0 Å². The molecule has 5 nitrogen and oxygen atoms in total. The van der Waals surface area contributed by atoms with Crippen molar-refractivity contribution in [2.45, 2.75) is 37.3 Å². The molecule has 1 aromatic carbocycles. The Balaban J connectivity index is 2.46. The molecule has 1 N–H and O–H groups in total. The molecule has 0 bridgehead atoms. The van der Waals surface area contributed by atoms with Gasteiger partial charge in [-0.25, -0.2) is 8.42 Å². The van der Waals surface area contributed by atoms with Crippen molar-refractivity contribution in [3.05, 3.63) is 29.8 Å². The number of carbonyl (C=O) groups is 1. The highest BCUT2D eigenvalue weighted by atomic mass is 32.2. The third-order valence-electron chi connectivity index (χ3n) is 3.48. The summed E-state index contributed by atoms with van der Waals surface area (Å²) in [6.07, 6.45) is -1.25. The molecular formula is C13H17NO4S. The monoisotopic (exact) mass is 283 g/mol. The molecule has 0 spiro atoms. The summed E-state index contributed by atoms with van der Waals surface area (Å²) in [5.41, 5.74) is -0.265. The summed E-state index contributed by atoms with van der Waals surface area (Å²) >= 11 is 0. The van der Waals surface area contributed by atoms with E-state index in [4.69, 9.17) is 0 Å². The minimum atomic E-state index is -3.78. The molecular weight excluding hydrogens is 266 g/mol. The summed E-state index contributed by atoms with van der Waals surface area (Å²) in [7, 11) is -3.78. The zero-order valence-electron chi connectivity index (χ0n) is 11.1. The van der Waals surface area contributed by atoms with Crippen LogP contribution in [0.2, 0.25) is 0 Å². The Morgan fingerprint density at radius 1 is 1.26 bits per heavy atom. The lowest BCUT2D eigenvalue weighted by Crippen LogP contribution is -2.46. The van der Waals surface area contributed by atoms with E-state index in [0.717, 1.165) is 9.87 Å². The Morgan fingerprint density at radius 3 is 2.21 bits per heavy atom. The van der Waals surface area contributed by atoms with E-state index in [9.17, 15) is 18.3 Å². The predicted molar refractivity (Wildman–Crippen MR) is 70.2 cm³/mol. The SMILES string of the molecule is Cc1ccc(S(=O)(=O)N2CC(O)C(=O)C2(C)C)cc1. The summed E-state index contributed by atoms with van der Waals surface area (Å²) in [5.74, 6) is -0.469. The lowest BCUT2D eigenvalue weighted by atomic mass is 10.0. The molecule has 0 radical (unpaired) electrons. The maximum Gasteiger partial charge on any atom is 0.244 e. The standard InChI is InChI=1S/C13H17NO4S/c1-9-4-6-10(7-5-9)19(17,18)14-8-11(15)12(16)13(14,2)3/h4-7,11,15H,8H2,1-3H3. The highest BCUT2D eigenvalue weighted by molar-refractivity contribution is 7.89. The van der Waals surface area contributed by atoms with Crippen LogP contribution in [-0.2, 0) is 14.8 Å². The molecule has 0 amide bonds. The van der Waals surface area contributed by atoms with Crippen molar-refractivity contribution < 1.29 is 18.3 Å². The van der Waals surface area contributed by atoms with Gasteiger partial charge < -0.3 is 5.11 Å². The molecule has 19 heavy (non-hydrogen) atoms. The normalized spacial score (nSPS) is 23.8.